The fourth-order valence-electron chi connectivity index (χ4n) is 1.19. The molecule has 0 fully saturated rings. The number of hydrogen-bond acceptors (Lipinski definition) is 3. The molecule has 3 N–H and O–H groups in total. The van der Waals surface area contributed by atoms with E-state index in [1.54, 1.807) is 24.3 Å². The van der Waals surface area contributed by atoms with Crippen LogP contribution in [0.3, 0.4) is 0 Å². The molecule has 0 aliphatic carbocycles. The first-order chi connectivity index (χ1) is 8.84. The summed E-state index contributed by atoms with van der Waals surface area (Å²) in [7, 11) is 0. The van der Waals surface area contributed by atoms with Gasteiger partial charge in [0.1, 0.15) is 5.60 Å². The molecule has 0 aliphatic heterocycles. The molecular weight excluding hydrogens is 289 g/mol. The molecule has 0 bridgehead atoms. The lowest BCUT2D eigenvalue weighted by molar-refractivity contribution is -0.117. The van der Waals surface area contributed by atoms with Gasteiger partial charge in [-0.3, -0.25) is 4.79 Å². The normalized spacial score (nSPS) is 14.4. The Balaban J connectivity index is 2.59. The van der Waals surface area contributed by atoms with Crippen molar-refractivity contribution >= 4 is 35.2 Å². The van der Waals surface area contributed by atoms with E-state index in [-0.39, 0.29) is 12.5 Å². The summed E-state index contributed by atoms with van der Waals surface area (Å²) in [5.41, 5.74) is -0.670. The summed E-state index contributed by atoms with van der Waals surface area (Å²) >= 11 is 11.7. The molecule has 0 heterocycles. The van der Waals surface area contributed by atoms with E-state index in [4.69, 9.17) is 28.3 Å². The van der Waals surface area contributed by atoms with Crippen LogP contribution in [-0.2, 0) is 4.79 Å². The standard InChI is InChI=1S/C13H15Cl2NO3/c1-13(19,8-17)7-16-12(18)5-3-9-2-4-10(14)6-11(9)15/h2-6,17,19H,7-8H2,1H3,(H,16,18). The van der Waals surface area contributed by atoms with Crippen LogP contribution in [0.4, 0.5) is 0 Å². The molecular formula is C13H15Cl2NO3. The minimum absolute atomic E-state index is 0.0407. The Morgan fingerprint density at radius 1 is 1.47 bits per heavy atom. The van der Waals surface area contributed by atoms with Gasteiger partial charge in [0.2, 0.25) is 5.91 Å². The maximum atomic E-state index is 11.5. The molecule has 0 saturated carbocycles. The number of carbonyl (C=O) groups is 1. The largest absolute Gasteiger partial charge is 0.393 e. The summed E-state index contributed by atoms with van der Waals surface area (Å²) in [6.45, 7) is 0.952. The van der Waals surface area contributed by atoms with Gasteiger partial charge in [-0.1, -0.05) is 29.3 Å². The molecule has 6 heteroatoms. The van der Waals surface area contributed by atoms with Crippen molar-refractivity contribution in [3.05, 3.63) is 39.9 Å². The Morgan fingerprint density at radius 2 is 2.16 bits per heavy atom. The van der Waals surface area contributed by atoms with Crippen LogP contribution in [0.5, 0.6) is 0 Å². The smallest absolute Gasteiger partial charge is 0.244 e. The van der Waals surface area contributed by atoms with Crippen molar-refractivity contribution in [3.8, 4) is 0 Å². The molecule has 0 aliphatic rings. The average Bonchev–Trinajstić information content (AvgIpc) is 2.35. The van der Waals surface area contributed by atoms with E-state index in [1.165, 1.54) is 13.0 Å². The van der Waals surface area contributed by atoms with E-state index >= 15 is 0 Å². The maximum absolute atomic E-state index is 11.5. The number of rotatable bonds is 5. The predicted octanol–water partition coefficient (Wildman–Crippen LogP) is 1.87. The number of amides is 1. The molecule has 0 spiro atoms. The Hall–Kier alpha value is -1.07. The molecule has 0 saturated heterocycles. The van der Waals surface area contributed by atoms with Gasteiger partial charge in [-0.2, -0.15) is 0 Å². The van der Waals surface area contributed by atoms with E-state index < -0.39 is 12.2 Å². The van der Waals surface area contributed by atoms with Crippen LogP contribution in [-0.4, -0.2) is 34.9 Å². The van der Waals surface area contributed by atoms with Gasteiger partial charge in [-0.05, 0) is 30.7 Å². The van der Waals surface area contributed by atoms with E-state index in [1.807, 2.05) is 0 Å². The monoisotopic (exact) mass is 303 g/mol. The molecule has 0 radical (unpaired) electrons. The lowest BCUT2D eigenvalue weighted by Crippen LogP contribution is -2.42. The van der Waals surface area contributed by atoms with Gasteiger partial charge in [0.25, 0.3) is 0 Å². The Kier molecular flexibility index (Phi) is 5.82. The fraction of sp³-hybridized carbons (Fsp3) is 0.308. The molecule has 4 nitrogen and oxygen atoms in total. The quantitative estimate of drug-likeness (QED) is 0.727. The molecule has 1 unspecified atom stereocenters. The van der Waals surface area contributed by atoms with Crippen LogP contribution >= 0.6 is 23.2 Å². The second kappa shape index (κ2) is 6.91. The second-order valence-electron chi connectivity index (χ2n) is 4.37. The lowest BCUT2D eigenvalue weighted by atomic mass is 10.1. The molecule has 1 amide bonds. The lowest BCUT2D eigenvalue weighted by Gasteiger charge is -2.19. The van der Waals surface area contributed by atoms with Crippen LogP contribution in [0.2, 0.25) is 10.0 Å². The molecule has 104 valence electrons. The average molecular weight is 304 g/mol. The summed E-state index contributed by atoms with van der Waals surface area (Å²) in [6, 6.07) is 4.94. The van der Waals surface area contributed by atoms with Crippen LogP contribution < -0.4 is 5.32 Å². The summed E-state index contributed by atoms with van der Waals surface area (Å²) in [5, 5.41) is 21.8. The van der Waals surface area contributed by atoms with Gasteiger partial charge in [0.05, 0.1) is 6.61 Å². The Bertz CT molecular complexity index is 487. The van der Waals surface area contributed by atoms with Crippen molar-refractivity contribution in [2.75, 3.05) is 13.2 Å². The van der Waals surface area contributed by atoms with Crippen molar-refractivity contribution in [1.29, 1.82) is 0 Å². The predicted molar refractivity (Wildman–Crippen MR) is 76.2 cm³/mol. The molecule has 1 rings (SSSR count). The van der Waals surface area contributed by atoms with Crippen molar-refractivity contribution in [3.63, 3.8) is 0 Å². The Labute approximate surface area is 121 Å². The zero-order chi connectivity index (χ0) is 14.5. The van der Waals surface area contributed by atoms with E-state index in [9.17, 15) is 9.90 Å². The van der Waals surface area contributed by atoms with Crippen LogP contribution in [0, 0.1) is 0 Å². The molecule has 1 aromatic carbocycles. The minimum atomic E-state index is -1.33. The first-order valence-electron chi connectivity index (χ1n) is 5.58. The number of hydrogen-bond donors (Lipinski definition) is 3. The number of benzene rings is 1. The van der Waals surface area contributed by atoms with E-state index in [0.29, 0.717) is 15.6 Å². The fourth-order valence-corrected chi connectivity index (χ4v) is 1.67. The van der Waals surface area contributed by atoms with Gasteiger partial charge in [0.15, 0.2) is 0 Å². The number of carbonyl (C=O) groups excluding carboxylic acids is 1. The van der Waals surface area contributed by atoms with Gasteiger partial charge >= 0.3 is 0 Å². The zero-order valence-electron chi connectivity index (χ0n) is 10.4. The van der Waals surface area contributed by atoms with Crippen LogP contribution in [0.15, 0.2) is 24.3 Å². The first kappa shape index (κ1) is 16.0. The zero-order valence-corrected chi connectivity index (χ0v) is 11.9. The van der Waals surface area contributed by atoms with Crippen LogP contribution in [0.1, 0.15) is 12.5 Å². The molecule has 19 heavy (non-hydrogen) atoms. The Morgan fingerprint density at radius 3 is 2.74 bits per heavy atom. The summed E-state index contributed by atoms with van der Waals surface area (Å²) < 4.78 is 0. The number of aliphatic hydroxyl groups is 2. The number of halogens is 2. The minimum Gasteiger partial charge on any atom is -0.393 e. The third kappa shape index (κ3) is 5.61. The molecule has 0 aromatic heterocycles. The summed E-state index contributed by atoms with van der Waals surface area (Å²) in [6.07, 6.45) is 2.84. The highest BCUT2D eigenvalue weighted by molar-refractivity contribution is 6.35. The third-order valence-corrected chi connectivity index (χ3v) is 2.92. The molecule has 1 aromatic rings. The third-order valence-electron chi connectivity index (χ3n) is 2.36. The highest BCUT2D eigenvalue weighted by atomic mass is 35.5. The van der Waals surface area contributed by atoms with Crippen molar-refractivity contribution < 1.29 is 15.0 Å². The second-order valence-corrected chi connectivity index (χ2v) is 5.22. The van der Waals surface area contributed by atoms with Gasteiger partial charge in [0, 0.05) is 22.7 Å². The maximum Gasteiger partial charge on any atom is 0.244 e. The SMILES string of the molecule is CC(O)(CO)CNC(=O)C=Cc1ccc(Cl)cc1Cl. The van der Waals surface area contributed by atoms with Crippen molar-refractivity contribution in [2.24, 2.45) is 0 Å². The highest BCUT2D eigenvalue weighted by Gasteiger charge is 2.18. The number of nitrogens with one attached hydrogen (secondary N) is 1. The summed E-state index contributed by atoms with van der Waals surface area (Å²) in [4.78, 5) is 11.5. The first-order valence-corrected chi connectivity index (χ1v) is 6.34. The van der Waals surface area contributed by atoms with Gasteiger partial charge in [-0.15, -0.1) is 0 Å². The highest BCUT2D eigenvalue weighted by Crippen LogP contribution is 2.21. The summed E-state index contributed by atoms with van der Waals surface area (Å²) in [5.74, 6) is -0.389. The van der Waals surface area contributed by atoms with E-state index in [0.717, 1.165) is 0 Å². The van der Waals surface area contributed by atoms with Crippen molar-refractivity contribution in [1.82, 2.24) is 5.32 Å². The topological polar surface area (TPSA) is 69.6 Å². The molecule has 1 atom stereocenters. The van der Waals surface area contributed by atoms with E-state index in [2.05, 4.69) is 5.32 Å². The van der Waals surface area contributed by atoms with Gasteiger partial charge in [-0.25, -0.2) is 0 Å². The van der Waals surface area contributed by atoms with Gasteiger partial charge < -0.3 is 15.5 Å². The van der Waals surface area contributed by atoms with Crippen LogP contribution in [0.25, 0.3) is 6.08 Å². The number of aliphatic hydroxyl groups excluding tert-OH is 1. The van der Waals surface area contributed by atoms with Crippen molar-refractivity contribution in [2.45, 2.75) is 12.5 Å².